The molecule has 0 radical (unpaired) electrons. The third-order valence-corrected chi connectivity index (χ3v) is 3.43. The summed E-state index contributed by atoms with van der Waals surface area (Å²) >= 11 is 6.82. The average molecular weight is 310 g/mol. The van der Waals surface area contributed by atoms with Gasteiger partial charge in [0.1, 0.15) is 10.3 Å². The molecule has 1 aromatic carbocycles. The first-order valence-corrected chi connectivity index (χ1v) is 7.14. The van der Waals surface area contributed by atoms with Gasteiger partial charge in [-0.1, -0.05) is 18.2 Å². The van der Waals surface area contributed by atoms with Crippen LogP contribution in [0.2, 0.25) is 0 Å². The van der Waals surface area contributed by atoms with Gasteiger partial charge in [-0.05, 0) is 19.1 Å². The fraction of sp³-hybridized carbons (Fsp3) is 0.154. The maximum Gasteiger partial charge on any atom is 0.269 e. The van der Waals surface area contributed by atoms with Crippen molar-refractivity contribution in [2.75, 3.05) is 10.6 Å². The van der Waals surface area contributed by atoms with Gasteiger partial charge in [0.25, 0.3) is 5.91 Å². The summed E-state index contributed by atoms with van der Waals surface area (Å²) in [7, 11) is 0. The molecule has 2 N–H and O–H groups in total. The minimum atomic E-state index is -0.693. The number of hydrogen-bond acceptors (Lipinski definition) is 4. The van der Waals surface area contributed by atoms with E-state index in [0.717, 1.165) is 11.3 Å². The molecule has 1 unspecified atom stereocenters. The van der Waals surface area contributed by atoms with E-state index in [1.54, 1.807) is 19.1 Å². The summed E-state index contributed by atoms with van der Waals surface area (Å²) in [6, 6.07) is 9.05. The van der Waals surface area contributed by atoms with E-state index in [4.69, 9.17) is 11.6 Å². The molecule has 1 heterocycles. The Labute approximate surface area is 125 Å². The van der Waals surface area contributed by atoms with Gasteiger partial charge in [0.2, 0.25) is 5.91 Å². The molecule has 104 valence electrons. The first-order valence-electron chi connectivity index (χ1n) is 5.82. The summed E-state index contributed by atoms with van der Waals surface area (Å²) < 4.78 is 0. The van der Waals surface area contributed by atoms with Crippen molar-refractivity contribution >= 4 is 46.3 Å². The van der Waals surface area contributed by atoms with Crippen molar-refractivity contribution in [2.24, 2.45) is 0 Å². The number of hydrogen-bond donors (Lipinski definition) is 2. The molecule has 0 aliphatic rings. The van der Waals surface area contributed by atoms with Crippen molar-refractivity contribution in [1.82, 2.24) is 4.98 Å². The first-order chi connectivity index (χ1) is 9.58. The quantitative estimate of drug-likeness (QED) is 0.853. The largest absolute Gasteiger partial charge is 0.321 e. The number of aromatic nitrogens is 1. The van der Waals surface area contributed by atoms with Crippen molar-refractivity contribution in [1.29, 1.82) is 0 Å². The molecule has 1 aromatic heterocycles. The van der Waals surface area contributed by atoms with Crippen LogP contribution >= 0.6 is 22.9 Å². The van der Waals surface area contributed by atoms with Crippen LogP contribution in [0.1, 0.15) is 16.6 Å². The highest BCUT2D eigenvalue weighted by Crippen LogP contribution is 2.21. The van der Waals surface area contributed by atoms with Crippen LogP contribution in [0.3, 0.4) is 0 Å². The number of nitrogens with zero attached hydrogens (tertiary/aromatic N) is 1. The highest BCUT2D eigenvalue weighted by atomic mass is 35.5. The molecule has 0 bridgehead atoms. The minimum Gasteiger partial charge on any atom is -0.321 e. The number of amides is 2. The number of carbonyl (C=O) groups is 2. The van der Waals surface area contributed by atoms with Crippen molar-refractivity contribution < 1.29 is 9.59 Å². The average Bonchev–Trinajstić information content (AvgIpc) is 2.88. The number of benzene rings is 1. The molecule has 0 fully saturated rings. The molecule has 0 spiro atoms. The van der Waals surface area contributed by atoms with Gasteiger partial charge in [-0.15, -0.1) is 22.9 Å². The molecule has 2 aromatic rings. The Balaban J connectivity index is 2.11. The Hall–Kier alpha value is -1.92. The molecule has 0 saturated heterocycles. The van der Waals surface area contributed by atoms with E-state index < -0.39 is 11.3 Å². The summed E-state index contributed by atoms with van der Waals surface area (Å²) in [6.07, 6.45) is 0. The summed E-state index contributed by atoms with van der Waals surface area (Å²) in [4.78, 5) is 28.0. The Morgan fingerprint density at radius 3 is 2.60 bits per heavy atom. The fourth-order valence-electron chi connectivity index (χ4n) is 1.42. The van der Waals surface area contributed by atoms with E-state index in [-0.39, 0.29) is 11.7 Å². The predicted octanol–water partition coefficient (Wildman–Crippen LogP) is 2.96. The number of rotatable bonds is 4. The first kappa shape index (κ1) is 14.5. The van der Waals surface area contributed by atoms with Crippen LogP contribution in [0.5, 0.6) is 0 Å². The molecule has 7 heteroatoms. The lowest BCUT2D eigenvalue weighted by Crippen LogP contribution is -2.22. The number of thiazole rings is 1. The maximum atomic E-state index is 12.1. The lowest BCUT2D eigenvalue weighted by molar-refractivity contribution is -0.115. The standard InChI is InChI=1S/C13H12ClN3O2S/c1-8(14)12(18)17-11-10(20-7-15-11)13(19)16-9-5-3-2-4-6-9/h2-8H,1H3,(H,16,19)(H,17,18). The second-order valence-electron chi connectivity index (χ2n) is 3.96. The minimum absolute atomic E-state index is 0.223. The Morgan fingerprint density at radius 2 is 1.95 bits per heavy atom. The van der Waals surface area contributed by atoms with Crippen LogP contribution in [-0.2, 0) is 4.79 Å². The highest BCUT2D eigenvalue weighted by molar-refractivity contribution is 7.12. The molecular formula is C13H12ClN3O2S. The van der Waals surface area contributed by atoms with E-state index in [2.05, 4.69) is 15.6 Å². The van der Waals surface area contributed by atoms with Crippen LogP contribution in [0.15, 0.2) is 35.8 Å². The molecule has 0 aliphatic carbocycles. The zero-order valence-corrected chi connectivity index (χ0v) is 12.2. The molecule has 0 aliphatic heterocycles. The van der Waals surface area contributed by atoms with Gasteiger partial charge in [-0.25, -0.2) is 4.98 Å². The smallest absolute Gasteiger partial charge is 0.269 e. The van der Waals surface area contributed by atoms with Gasteiger partial charge in [0.05, 0.1) is 5.51 Å². The van der Waals surface area contributed by atoms with Crippen LogP contribution < -0.4 is 10.6 Å². The lowest BCUT2D eigenvalue weighted by atomic mass is 10.3. The van der Waals surface area contributed by atoms with E-state index >= 15 is 0 Å². The van der Waals surface area contributed by atoms with Crippen molar-refractivity contribution in [2.45, 2.75) is 12.3 Å². The van der Waals surface area contributed by atoms with Crippen molar-refractivity contribution in [3.8, 4) is 0 Å². The Kier molecular flexibility index (Phi) is 4.70. The third-order valence-electron chi connectivity index (χ3n) is 2.41. The maximum absolute atomic E-state index is 12.1. The summed E-state index contributed by atoms with van der Waals surface area (Å²) in [5.74, 6) is -0.497. The van der Waals surface area contributed by atoms with Crippen LogP contribution in [0.25, 0.3) is 0 Å². The molecule has 20 heavy (non-hydrogen) atoms. The van der Waals surface area contributed by atoms with Crippen molar-refractivity contribution in [3.63, 3.8) is 0 Å². The zero-order valence-electron chi connectivity index (χ0n) is 10.6. The normalized spacial score (nSPS) is 11.7. The highest BCUT2D eigenvalue weighted by Gasteiger charge is 2.18. The van der Waals surface area contributed by atoms with Gasteiger partial charge in [-0.3, -0.25) is 9.59 Å². The molecule has 2 amide bonds. The van der Waals surface area contributed by atoms with Crippen LogP contribution in [0, 0.1) is 0 Å². The van der Waals surface area contributed by atoms with E-state index in [1.807, 2.05) is 18.2 Å². The molecule has 2 rings (SSSR count). The number of nitrogens with one attached hydrogen (secondary N) is 2. The number of anilines is 2. The number of halogens is 1. The van der Waals surface area contributed by atoms with Gasteiger partial charge < -0.3 is 10.6 Å². The van der Waals surface area contributed by atoms with Gasteiger partial charge in [-0.2, -0.15) is 0 Å². The zero-order chi connectivity index (χ0) is 14.5. The van der Waals surface area contributed by atoms with Crippen molar-refractivity contribution in [3.05, 3.63) is 40.7 Å². The SMILES string of the molecule is CC(Cl)C(=O)Nc1ncsc1C(=O)Nc1ccccc1. The summed E-state index contributed by atoms with van der Waals surface area (Å²) in [5.41, 5.74) is 2.17. The summed E-state index contributed by atoms with van der Waals surface area (Å²) in [5, 5.41) is 4.57. The number of para-hydroxylation sites is 1. The molecular weight excluding hydrogens is 298 g/mol. The molecule has 0 saturated carbocycles. The lowest BCUT2D eigenvalue weighted by Gasteiger charge is -2.07. The van der Waals surface area contributed by atoms with Crippen LogP contribution in [-0.4, -0.2) is 22.2 Å². The molecule has 1 atom stereocenters. The number of alkyl halides is 1. The third kappa shape index (κ3) is 3.55. The monoisotopic (exact) mass is 309 g/mol. The second kappa shape index (κ2) is 6.49. The van der Waals surface area contributed by atoms with E-state index in [1.165, 1.54) is 5.51 Å². The van der Waals surface area contributed by atoms with E-state index in [0.29, 0.717) is 10.6 Å². The summed E-state index contributed by atoms with van der Waals surface area (Å²) in [6.45, 7) is 1.55. The van der Waals surface area contributed by atoms with Gasteiger partial charge in [0.15, 0.2) is 5.82 Å². The fourth-order valence-corrected chi connectivity index (χ4v) is 2.11. The number of carbonyl (C=O) groups excluding carboxylic acids is 2. The Morgan fingerprint density at radius 1 is 1.25 bits per heavy atom. The van der Waals surface area contributed by atoms with Gasteiger partial charge in [0, 0.05) is 5.69 Å². The second-order valence-corrected chi connectivity index (χ2v) is 5.46. The molecule has 5 nitrogen and oxygen atoms in total. The Bertz CT molecular complexity index is 613. The topological polar surface area (TPSA) is 71.1 Å². The van der Waals surface area contributed by atoms with Crippen LogP contribution in [0.4, 0.5) is 11.5 Å². The predicted molar refractivity (Wildman–Crippen MR) is 80.5 cm³/mol. The van der Waals surface area contributed by atoms with Gasteiger partial charge >= 0.3 is 0 Å². The van der Waals surface area contributed by atoms with E-state index in [9.17, 15) is 9.59 Å².